The molecule has 0 radical (unpaired) electrons. The molecule has 0 saturated carbocycles. The molecule has 0 unspecified atom stereocenters. The van der Waals surface area contributed by atoms with E-state index in [2.05, 4.69) is 15.9 Å². The summed E-state index contributed by atoms with van der Waals surface area (Å²) in [5.41, 5.74) is 0.562. The summed E-state index contributed by atoms with van der Waals surface area (Å²) in [6, 6.07) is 2.16. The molecule has 1 saturated heterocycles. The molecular formula is C17H18BrNO6S. The number of phenolic OH excluding ortho intramolecular Hbond substituents is 1. The third-order valence-corrected chi connectivity index (χ3v) is 4.98. The molecule has 1 aliphatic rings. The molecule has 0 bridgehead atoms. The second-order valence-corrected chi connectivity index (χ2v) is 7.11. The van der Waals surface area contributed by atoms with Crippen LogP contribution in [0.1, 0.15) is 26.3 Å². The van der Waals surface area contributed by atoms with E-state index in [-0.39, 0.29) is 23.0 Å². The zero-order valence-corrected chi connectivity index (χ0v) is 16.8. The number of halogens is 1. The molecule has 140 valence electrons. The van der Waals surface area contributed by atoms with Crippen LogP contribution in [0.3, 0.4) is 0 Å². The number of carbonyl (C=O) groups is 3. The highest BCUT2D eigenvalue weighted by Gasteiger charge is 2.41. The van der Waals surface area contributed by atoms with Crippen molar-refractivity contribution in [1.29, 1.82) is 0 Å². The maximum absolute atomic E-state index is 12.5. The molecule has 1 fully saturated rings. The first-order valence-electron chi connectivity index (χ1n) is 7.89. The Morgan fingerprint density at radius 1 is 1.35 bits per heavy atom. The van der Waals surface area contributed by atoms with Gasteiger partial charge in [0.2, 0.25) is 0 Å². The quantitative estimate of drug-likeness (QED) is 0.530. The number of hydrogen-bond acceptors (Lipinski definition) is 7. The van der Waals surface area contributed by atoms with Crippen LogP contribution in [0.4, 0.5) is 4.79 Å². The van der Waals surface area contributed by atoms with Crippen molar-refractivity contribution < 1.29 is 29.0 Å². The topological polar surface area (TPSA) is 93.1 Å². The maximum atomic E-state index is 12.5. The fraction of sp³-hybridized carbons (Fsp3) is 0.353. The maximum Gasteiger partial charge on any atom is 0.329 e. The van der Waals surface area contributed by atoms with E-state index in [1.54, 1.807) is 26.0 Å². The molecule has 1 aromatic rings. The number of carbonyl (C=O) groups excluding carboxylic acids is 3. The Morgan fingerprint density at radius 3 is 2.65 bits per heavy atom. The van der Waals surface area contributed by atoms with Crippen LogP contribution in [0.15, 0.2) is 21.5 Å². The standard InChI is InChI=1S/C17H18BrNO6S/c1-4-24-12-7-10(6-11(18)14(12)20)8-13-15(21)19(17(23)26-13)9(3)16(22)25-5-2/h6-9,20H,4-5H2,1-3H3/b13-8+/t9-/m0/s1. The average molecular weight is 444 g/mol. The van der Waals surface area contributed by atoms with Crippen LogP contribution < -0.4 is 4.74 Å². The van der Waals surface area contributed by atoms with Crippen molar-refractivity contribution in [2.45, 2.75) is 26.8 Å². The Morgan fingerprint density at radius 2 is 2.04 bits per heavy atom. The molecule has 0 aliphatic carbocycles. The Bertz CT molecular complexity index is 779. The van der Waals surface area contributed by atoms with Crippen LogP contribution >= 0.6 is 27.7 Å². The van der Waals surface area contributed by atoms with Crippen molar-refractivity contribution in [3.8, 4) is 11.5 Å². The summed E-state index contributed by atoms with van der Waals surface area (Å²) >= 11 is 3.97. The highest BCUT2D eigenvalue weighted by atomic mass is 79.9. The number of hydrogen-bond donors (Lipinski definition) is 1. The van der Waals surface area contributed by atoms with Crippen LogP contribution in [0.25, 0.3) is 6.08 Å². The summed E-state index contributed by atoms with van der Waals surface area (Å²) in [6.45, 7) is 5.40. The highest BCUT2D eigenvalue weighted by Crippen LogP contribution is 2.38. The molecule has 0 aromatic heterocycles. The monoisotopic (exact) mass is 443 g/mol. The molecule has 0 spiro atoms. The summed E-state index contributed by atoms with van der Waals surface area (Å²) in [7, 11) is 0. The lowest BCUT2D eigenvalue weighted by atomic mass is 10.1. The van der Waals surface area contributed by atoms with Gasteiger partial charge in [0, 0.05) is 0 Å². The van der Waals surface area contributed by atoms with E-state index in [0.717, 1.165) is 16.7 Å². The number of thioether (sulfide) groups is 1. The molecule has 1 aliphatic heterocycles. The van der Waals surface area contributed by atoms with Gasteiger partial charge in [-0.05, 0) is 72.2 Å². The minimum atomic E-state index is -1.00. The van der Waals surface area contributed by atoms with E-state index in [1.165, 1.54) is 13.0 Å². The number of ether oxygens (including phenoxy) is 2. The van der Waals surface area contributed by atoms with E-state index in [9.17, 15) is 19.5 Å². The molecule has 1 atom stereocenters. The van der Waals surface area contributed by atoms with E-state index in [4.69, 9.17) is 9.47 Å². The molecule has 2 amide bonds. The van der Waals surface area contributed by atoms with Gasteiger partial charge < -0.3 is 14.6 Å². The van der Waals surface area contributed by atoms with Crippen LogP contribution in [0.2, 0.25) is 0 Å². The number of amides is 2. The van der Waals surface area contributed by atoms with E-state index in [0.29, 0.717) is 16.6 Å². The smallest absolute Gasteiger partial charge is 0.329 e. The molecule has 1 aromatic carbocycles. The van der Waals surface area contributed by atoms with Gasteiger partial charge in [-0.1, -0.05) is 0 Å². The predicted octanol–water partition coefficient (Wildman–Crippen LogP) is 3.54. The van der Waals surface area contributed by atoms with Gasteiger partial charge in [-0.15, -0.1) is 0 Å². The van der Waals surface area contributed by atoms with Gasteiger partial charge in [0.15, 0.2) is 11.5 Å². The minimum Gasteiger partial charge on any atom is -0.503 e. The van der Waals surface area contributed by atoms with Gasteiger partial charge in [0.25, 0.3) is 11.1 Å². The number of esters is 1. The van der Waals surface area contributed by atoms with Gasteiger partial charge in [-0.25, -0.2) is 4.79 Å². The lowest BCUT2D eigenvalue weighted by Crippen LogP contribution is -2.42. The summed E-state index contributed by atoms with van der Waals surface area (Å²) in [5.74, 6) is -0.995. The first kappa shape index (κ1) is 20.3. The summed E-state index contributed by atoms with van der Waals surface area (Å²) in [4.78, 5) is 37.6. The zero-order chi connectivity index (χ0) is 19.4. The van der Waals surface area contributed by atoms with Crippen molar-refractivity contribution in [1.82, 2.24) is 4.90 Å². The summed E-state index contributed by atoms with van der Waals surface area (Å²) < 4.78 is 10.6. The zero-order valence-electron chi connectivity index (χ0n) is 14.4. The largest absolute Gasteiger partial charge is 0.503 e. The minimum absolute atomic E-state index is 0.0481. The van der Waals surface area contributed by atoms with Crippen LogP contribution in [0.5, 0.6) is 11.5 Å². The van der Waals surface area contributed by atoms with Crippen LogP contribution in [-0.2, 0) is 14.3 Å². The van der Waals surface area contributed by atoms with Crippen molar-refractivity contribution in [3.05, 3.63) is 27.1 Å². The number of nitrogens with zero attached hydrogens (tertiary/aromatic N) is 1. The van der Waals surface area contributed by atoms with Crippen LogP contribution in [0, 0.1) is 0 Å². The van der Waals surface area contributed by atoms with Crippen LogP contribution in [-0.4, -0.2) is 46.4 Å². The molecule has 7 nitrogen and oxygen atoms in total. The van der Waals surface area contributed by atoms with Crippen molar-refractivity contribution in [3.63, 3.8) is 0 Å². The van der Waals surface area contributed by atoms with Crippen molar-refractivity contribution >= 4 is 50.9 Å². The second kappa shape index (κ2) is 8.59. The molecule has 9 heteroatoms. The van der Waals surface area contributed by atoms with Gasteiger partial charge >= 0.3 is 5.97 Å². The molecular weight excluding hydrogens is 426 g/mol. The lowest BCUT2D eigenvalue weighted by molar-refractivity contribution is -0.150. The molecule has 26 heavy (non-hydrogen) atoms. The predicted molar refractivity (Wildman–Crippen MR) is 101 cm³/mol. The number of phenols is 1. The van der Waals surface area contributed by atoms with Gasteiger partial charge in [-0.2, -0.15) is 0 Å². The van der Waals surface area contributed by atoms with Gasteiger partial charge in [-0.3, -0.25) is 14.5 Å². The Kier molecular flexibility index (Phi) is 6.71. The second-order valence-electron chi connectivity index (χ2n) is 5.26. The Balaban J connectivity index is 2.31. The van der Waals surface area contributed by atoms with Crippen molar-refractivity contribution in [2.75, 3.05) is 13.2 Å². The molecule has 2 rings (SSSR count). The first-order valence-corrected chi connectivity index (χ1v) is 9.50. The number of benzene rings is 1. The summed E-state index contributed by atoms with van der Waals surface area (Å²) in [5, 5.41) is 9.42. The lowest BCUT2D eigenvalue weighted by Gasteiger charge is -2.19. The van der Waals surface area contributed by atoms with Crippen molar-refractivity contribution in [2.24, 2.45) is 0 Å². The fourth-order valence-electron chi connectivity index (χ4n) is 2.28. The van der Waals surface area contributed by atoms with E-state index in [1.807, 2.05) is 0 Å². The van der Waals surface area contributed by atoms with Gasteiger partial charge in [0.1, 0.15) is 6.04 Å². The van der Waals surface area contributed by atoms with E-state index >= 15 is 0 Å². The third kappa shape index (κ3) is 4.21. The SMILES string of the molecule is CCOC(=O)[C@H](C)N1C(=O)S/C(=C/c2cc(Br)c(O)c(OCC)c2)C1=O. The van der Waals surface area contributed by atoms with E-state index < -0.39 is 23.2 Å². The number of imide groups is 1. The number of aromatic hydroxyl groups is 1. The fourth-order valence-corrected chi connectivity index (χ4v) is 3.64. The summed E-state index contributed by atoms with van der Waals surface area (Å²) in [6.07, 6.45) is 1.51. The Labute approximate surface area is 163 Å². The Hall–Kier alpha value is -2.00. The highest BCUT2D eigenvalue weighted by molar-refractivity contribution is 9.10. The first-order chi connectivity index (χ1) is 12.3. The molecule has 1 N–H and O–H groups in total. The van der Waals surface area contributed by atoms with Gasteiger partial charge in [0.05, 0.1) is 22.6 Å². The average Bonchev–Trinajstić information content (AvgIpc) is 2.85. The molecule has 1 heterocycles. The number of rotatable bonds is 6. The normalized spacial score (nSPS) is 16.9. The third-order valence-electron chi connectivity index (χ3n) is 3.49.